The zero-order valence-electron chi connectivity index (χ0n) is 8.51. The molecule has 1 saturated heterocycles. The molecule has 0 aromatic carbocycles. The van der Waals surface area contributed by atoms with Crippen molar-refractivity contribution in [2.75, 3.05) is 40.5 Å². The lowest BCUT2D eigenvalue weighted by Gasteiger charge is -2.17. The monoisotopic (exact) mass is 188 g/mol. The highest BCUT2D eigenvalue weighted by atomic mass is 16.5. The molecule has 4 nitrogen and oxygen atoms in total. The van der Waals surface area contributed by atoms with Gasteiger partial charge in [0.1, 0.15) is 0 Å². The summed E-state index contributed by atoms with van der Waals surface area (Å²) >= 11 is 0. The van der Waals surface area contributed by atoms with Crippen molar-refractivity contribution in [3.8, 4) is 0 Å². The van der Waals surface area contributed by atoms with Gasteiger partial charge in [-0.3, -0.25) is 0 Å². The number of ether oxygens (including phenoxy) is 2. The van der Waals surface area contributed by atoms with Crippen molar-refractivity contribution in [3.05, 3.63) is 0 Å². The molecule has 0 radical (unpaired) electrons. The van der Waals surface area contributed by atoms with Crippen molar-refractivity contribution in [1.82, 2.24) is 10.6 Å². The highest BCUT2D eigenvalue weighted by Gasteiger charge is 2.15. The summed E-state index contributed by atoms with van der Waals surface area (Å²) < 4.78 is 10.3. The summed E-state index contributed by atoms with van der Waals surface area (Å²) in [6, 6.07) is 0.606. The second kappa shape index (κ2) is 6.32. The Kier molecular flexibility index (Phi) is 5.31. The second-order valence-corrected chi connectivity index (χ2v) is 3.41. The Balaban J connectivity index is 2.07. The maximum absolute atomic E-state index is 5.24. The van der Waals surface area contributed by atoms with E-state index in [2.05, 4.69) is 10.6 Å². The Morgan fingerprint density at radius 1 is 1.54 bits per heavy atom. The quantitative estimate of drug-likeness (QED) is 0.595. The van der Waals surface area contributed by atoms with Crippen LogP contribution < -0.4 is 10.6 Å². The molecule has 0 saturated carbocycles. The SMILES string of the molecule is COCC(CNC1CCNC1)OC. The zero-order chi connectivity index (χ0) is 9.52. The van der Waals surface area contributed by atoms with Crippen molar-refractivity contribution in [1.29, 1.82) is 0 Å². The van der Waals surface area contributed by atoms with Gasteiger partial charge in [-0.05, 0) is 13.0 Å². The summed E-state index contributed by atoms with van der Waals surface area (Å²) in [5.74, 6) is 0. The molecule has 0 spiro atoms. The molecule has 0 aromatic rings. The second-order valence-electron chi connectivity index (χ2n) is 3.41. The van der Waals surface area contributed by atoms with E-state index in [1.54, 1.807) is 14.2 Å². The zero-order valence-corrected chi connectivity index (χ0v) is 8.51. The van der Waals surface area contributed by atoms with Gasteiger partial charge < -0.3 is 20.1 Å². The van der Waals surface area contributed by atoms with Crippen LogP contribution in [-0.4, -0.2) is 52.6 Å². The highest BCUT2D eigenvalue weighted by molar-refractivity contribution is 4.78. The van der Waals surface area contributed by atoms with E-state index in [0.717, 1.165) is 19.6 Å². The van der Waals surface area contributed by atoms with Crippen LogP contribution in [0.3, 0.4) is 0 Å². The molecule has 1 heterocycles. The number of hydrogen-bond acceptors (Lipinski definition) is 4. The average Bonchev–Trinajstić information content (AvgIpc) is 2.64. The molecular formula is C9H20N2O2. The van der Waals surface area contributed by atoms with Gasteiger partial charge in [0, 0.05) is 33.4 Å². The van der Waals surface area contributed by atoms with Gasteiger partial charge >= 0.3 is 0 Å². The summed E-state index contributed by atoms with van der Waals surface area (Å²) in [6.45, 7) is 3.73. The fraction of sp³-hybridized carbons (Fsp3) is 1.00. The van der Waals surface area contributed by atoms with E-state index in [1.807, 2.05) is 0 Å². The van der Waals surface area contributed by atoms with Crippen molar-refractivity contribution in [3.63, 3.8) is 0 Å². The Bertz CT molecular complexity index is 127. The Morgan fingerprint density at radius 2 is 2.38 bits per heavy atom. The molecular weight excluding hydrogens is 168 g/mol. The van der Waals surface area contributed by atoms with Crippen molar-refractivity contribution < 1.29 is 9.47 Å². The number of rotatable bonds is 6. The molecule has 1 aliphatic rings. The van der Waals surface area contributed by atoms with Gasteiger partial charge in [0.25, 0.3) is 0 Å². The summed E-state index contributed by atoms with van der Waals surface area (Å²) in [5.41, 5.74) is 0. The lowest BCUT2D eigenvalue weighted by Crippen LogP contribution is -2.39. The molecule has 2 unspecified atom stereocenters. The largest absolute Gasteiger partial charge is 0.382 e. The molecule has 2 atom stereocenters. The first-order valence-corrected chi connectivity index (χ1v) is 4.82. The van der Waals surface area contributed by atoms with Crippen molar-refractivity contribution in [2.45, 2.75) is 18.6 Å². The first-order chi connectivity index (χ1) is 6.36. The predicted molar refractivity (Wildman–Crippen MR) is 52.0 cm³/mol. The van der Waals surface area contributed by atoms with Crippen LogP contribution in [0.1, 0.15) is 6.42 Å². The van der Waals surface area contributed by atoms with Gasteiger partial charge in [-0.2, -0.15) is 0 Å². The van der Waals surface area contributed by atoms with Gasteiger partial charge in [0.05, 0.1) is 12.7 Å². The molecule has 78 valence electrons. The molecule has 1 fully saturated rings. The molecule has 1 aliphatic heterocycles. The van der Waals surface area contributed by atoms with Gasteiger partial charge in [-0.15, -0.1) is 0 Å². The fourth-order valence-electron chi connectivity index (χ4n) is 1.52. The number of nitrogens with one attached hydrogen (secondary N) is 2. The van der Waals surface area contributed by atoms with Gasteiger partial charge in [-0.25, -0.2) is 0 Å². The van der Waals surface area contributed by atoms with Crippen molar-refractivity contribution in [2.24, 2.45) is 0 Å². The molecule has 2 N–H and O–H groups in total. The standard InChI is InChI=1S/C9H20N2O2/c1-12-7-9(13-2)6-11-8-3-4-10-5-8/h8-11H,3-7H2,1-2H3. The van der Waals surface area contributed by atoms with Crippen LogP contribution in [0.15, 0.2) is 0 Å². The maximum Gasteiger partial charge on any atom is 0.0928 e. The van der Waals surface area contributed by atoms with E-state index in [9.17, 15) is 0 Å². The Hall–Kier alpha value is -0.160. The van der Waals surface area contributed by atoms with Crippen molar-refractivity contribution >= 4 is 0 Å². The van der Waals surface area contributed by atoms with Crippen LogP contribution in [0.4, 0.5) is 0 Å². The van der Waals surface area contributed by atoms with E-state index >= 15 is 0 Å². The minimum atomic E-state index is 0.172. The molecule has 13 heavy (non-hydrogen) atoms. The third-order valence-electron chi connectivity index (χ3n) is 2.38. The summed E-state index contributed by atoms with van der Waals surface area (Å²) in [7, 11) is 3.42. The maximum atomic E-state index is 5.24. The van der Waals surface area contributed by atoms with E-state index in [0.29, 0.717) is 12.6 Å². The van der Waals surface area contributed by atoms with E-state index < -0.39 is 0 Å². The first kappa shape index (κ1) is 10.9. The third kappa shape index (κ3) is 4.04. The lowest BCUT2D eigenvalue weighted by atomic mass is 10.2. The van der Waals surface area contributed by atoms with Crippen LogP contribution in [0, 0.1) is 0 Å². The van der Waals surface area contributed by atoms with Gasteiger partial charge in [0.15, 0.2) is 0 Å². The highest BCUT2D eigenvalue weighted by Crippen LogP contribution is 1.98. The van der Waals surface area contributed by atoms with E-state index in [1.165, 1.54) is 6.42 Å². The lowest BCUT2D eigenvalue weighted by molar-refractivity contribution is 0.0277. The topological polar surface area (TPSA) is 42.5 Å². The molecule has 1 rings (SSSR count). The van der Waals surface area contributed by atoms with Crippen LogP contribution in [-0.2, 0) is 9.47 Å². The third-order valence-corrected chi connectivity index (χ3v) is 2.38. The molecule has 0 aliphatic carbocycles. The summed E-state index contributed by atoms with van der Waals surface area (Å²) in [5, 5.41) is 6.76. The molecule has 4 heteroatoms. The van der Waals surface area contributed by atoms with Gasteiger partial charge in [0.2, 0.25) is 0 Å². The molecule has 0 bridgehead atoms. The summed E-state index contributed by atoms with van der Waals surface area (Å²) in [4.78, 5) is 0. The number of hydrogen-bond donors (Lipinski definition) is 2. The minimum absolute atomic E-state index is 0.172. The average molecular weight is 188 g/mol. The molecule has 0 aromatic heterocycles. The minimum Gasteiger partial charge on any atom is -0.382 e. The first-order valence-electron chi connectivity index (χ1n) is 4.82. The van der Waals surface area contributed by atoms with E-state index in [-0.39, 0.29) is 6.10 Å². The van der Waals surface area contributed by atoms with E-state index in [4.69, 9.17) is 9.47 Å². The fourth-order valence-corrected chi connectivity index (χ4v) is 1.52. The Labute approximate surface area is 80.0 Å². The Morgan fingerprint density at radius 3 is 2.92 bits per heavy atom. The van der Waals surface area contributed by atoms with Crippen LogP contribution >= 0.6 is 0 Å². The normalized spacial score (nSPS) is 24.9. The predicted octanol–water partition coefficient (Wildman–Crippen LogP) is -0.401. The van der Waals surface area contributed by atoms with Crippen LogP contribution in [0.25, 0.3) is 0 Å². The van der Waals surface area contributed by atoms with Gasteiger partial charge in [-0.1, -0.05) is 0 Å². The number of methoxy groups -OCH3 is 2. The smallest absolute Gasteiger partial charge is 0.0928 e. The van der Waals surface area contributed by atoms with Crippen LogP contribution in [0.2, 0.25) is 0 Å². The summed E-state index contributed by atoms with van der Waals surface area (Å²) in [6.07, 6.45) is 1.38. The van der Waals surface area contributed by atoms with Crippen LogP contribution in [0.5, 0.6) is 0 Å². The molecule has 0 amide bonds.